The summed E-state index contributed by atoms with van der Waals surface area (Å²) in [7, 11) is 0. The van der Waals surface area contributed by atoms with Gasteiger partial charge < -0.3 is 20.1 Å². The molecular formula is C21H33N3O2. The van der Waals surface area contributed by atoms with Gasteiger partial charge in [-0.2, -0.15) is 0 Å². The molecule has 2 N–H and O–H groups in total. The first-order valence-corrected chi connectivity index (χ1v) is 10.2. The van der Waals surface area contributed by atoms with Crippen LogP contribution in [0.3, 0.4) is 0 Å². The van der Waals surface area contributed by atoms with Gasteiger partial charge in [0, 0.05) is 31.8 Å². The molecule has 1 fully saturated rings. The average Bonchev–Trinajstić information content (AvgIpc) is 2.67. The van der Waals surface area contributed by atoms with E-state index in [2.05, 4.69) is 30.1 Å². The van der Waals surface area contributed by atoms with Gasteiger partial charge in [-0.3, -0.25) is 0 Å². The van der Waals surface area contributed by atoms with Gasteiger partial charge in [0.15, 0.2) is 5.96 Å². The number of fused-ring (bicyclic) bond motifs is 1. The van der Waals surface area contributed by atoms with Crippen molar-refractivity contribution >= 4 is 5.96 Å². The number of aliphatic imine (C=N–C) groups is 1. The van der Waals surface area contributed by atoms with Crippen LogP contribution in [0.2, 0.25) is 0 Å². The lowest BCUT2D eigenvalue weighted by Crippen LogP contribution is -2.47. The van der Waals surface area contributed by atoms with Gasteiger partial charge in [0.05, 0.1) is 12.6 Å². The second-order valence-electron chi connectivity index (χ2n) is 7.22. The van der Waals surface area contributed by atoms with Crippen molar-refractivity contribution in [3.63, 3.8) is 0 Å². The Morgan fingerprint density at radius 2 is 2.00 bits per heavy atom. The Hall–Kier alpha value is -1.75. The number of aromatic hydroxyl groups is 1. The summed E-state index contributed by atoms with van der Waals surface area (Å²) >= 11 is 0. The highest BCUT2D eigenvalue weighted by Crippen LogP contribution is 2.31. The van der Waals surface area contributed by atoms with Crippen molar-refractivity contribution in [2.75, 3.05) is 26.2 Å². The summed E-state index contributed by atoms with van der Waals surface area (Å²) in [5, 5.41) is 13.8. The molecule has 1 aromatic carbocycles. The highest BCUT2D eigenvalue weighted by molar-refractivity contribution is 5.80. The lowest BCUT2D eigenvalue weighted by molar-refractivity contribution is 0.0263. The Bertz CT molecular complexity index is 622. The van der Waals surface area contributed by atoms with E-state index in [1.165, 1.54) is 24.0 Å². The number of rotatable bonds is 5. The maximum absolute atomic E-state index is 10.4. The predicted octanol–water partition coefficient (Wildman–Crippen LogP) is 3.24. The molecule has 1 saturated heterocycles. The van der Waals surface area contributed by atoms with Crippen molar-refractivity contribution in [1.29, 1.82) is 0 Å². The van der Waals surface area contributed by atoms with Gasteiger partial charge in [0.1, 0.15) is 5.75 Å². The zero-order valence-electron chi connectivity index (χ0n) is 16.3. The molecule has 1 aliphatic heterocycles. The summed E-state index contributed by atoms with van der Waals surface area (Å²) in [4.78, 5) is 7.20. The number of guanidine groups is 1. The van der Waals surface area contributed by atoms with Crippen molar-refractivity contribution in [3.8, 4) is 5.75 Å². The first-order chi connectivity index (χ1) is 12.7. The van der Waals surface area contributed by atoms with Crippen LogP contribution in [0.25, 0.3) is 0 Å². The van der Waals surface area contributed by atoms with E-state index >= 15 is 0 Å². The molecule has 0 radical (unpaired) electrons. The first kappa shape index (κ1) is 19.0. The van der Waals surface area contributed by atoms with Gasteiger partial charge in [-0.15, -0.1) is 0 Å². The van der Waals surface area contributed by atoms with Crippen LogP contribution in [-0.4, -0.2) is 48.3 Å². The third kappa shape index (κ3) is 4.50. The van der Waals surface area contributed by atoms with Crippen molar-refractivity contribution < 1.29 is 9.84 Å². The molecule has 1 heterocycles. The SMILES string of the molecule is CCNC(=NCc1c(O)ccc2c1CCCC2)N1CCC(OCC)CC1. The highest BCUT2D eigenvalue weighted by atomic mass is 16.5. The number of ether oxygens (including phenoxy) is 1. The number of benzene rings is 1. The number of likely N-dealkylation sites (tertiary alicyclic amines) is 1. The molecule has 1 aromatic rings. The normalized spacial score (nSPS) is 18.7. The molecule has 0 bridgehead atoms. The van der Waals surface area contributed by atoms with Crippen LogP contribution in [0.15, 0.2) is 17.1 Å². The molecule has 0 amide bonds. The van der Waals surface area contributed by atoms with Crippen LogP contribution in [-0.2, 0) is 24.1 Å². The molecule has 5 nitrogen and oxygen atoms in total. The molecule has 144 valence electrons. The molecule has 5 heteroatoms. The summed E-state index contributed by atoms with van der Waals surface area (Å²) in [5.74, 6) is 1.34. The van der Waals surface area contributed by atoms with E-state index in [0.717, 1.165) is 63.4 Å². The average molecular weight is 360 g/mol. The van der Waals surface area contributed by atoms with E-state index < -0.39 is 0 Å². The Morgan fingerprint density at radius 3 is 2.73 bits per heavy atom. The minimum absolute atomic E-state index is 0.379. The van der Waals surface area contributed by atoms with Crippen LogP contribution >= 0.6 is 0 Å². The maximum Gasteiger partial charge on any atom is 0.194 e. The fourth-order valence-electron chi connectivity index (χ4n) is 4.12. The zero-order valence-corrected chi connectivity index (χ0v) is 16.3. The fourth-order valence-corrected chi connectivity index (χ4v) is 4.12. The van der Waals surface area contributed by atoms with E-state index in [9.17, 15) is 5.11 Å². The second-order valence-corrected chi connectivity index (χ2v) is 7.22. The zero-order chi connectivity index (χ0) is 18.4. The number of hydrogen-bond donors (Lipinski definition) is 2. The molecular weight excluding hydrogens is 326 g/mol. The fraction of sp³-hybridized carbons (Fsp3) is 0.667. The van der Waals surface area contributed by atoms with Crippen LogP contribution < -0.4 is 5.32 Å². The molecule has 0 saturated carbocycles. The minimum Gasteiger partial charge on any atom is -0.508 e. The van der Waals surface area contributed by atoms with Gasteiger partial charge in [-0.1, -0.05) is 6.07 Å². The van der Waals surface area contributed by atoms with Gasteiger partial charge in [-0.05, 0) is 69.6 Å². The van der Waals surface area contributed by atoms with Crippen molar-refractivity contribution in [2.24, 2.45) is 4.99 Å². The van der Waals surface area contributed by atoms with Crippen molar-refractivity contribution in [2.45, 2.75) is 65.0 Å². The summed E-state index contributed by atoms with van der Waals surface area (Å²) < 4.78 is 5.76. The lowest BCUT2D eigenvalue weighted by Gasteiger charge is -2.34. The summed E-state index contributed by atoms with van der Waals surface area (Å²) in [6.07, 6.45) is 7.11. The van der Waals surface area contributed by atoms with E-state index in [4.69, 9.17) is 9.73 Å². The Morgan fingerprint density at radius 1 is 1.23 bits per heavy atom. The molecule has 3 rings (SSSR count). The minimum atomic E-state index is 0.379. The third-order valence-electron chi connectivity index (χ3n) is 5.49. The van der Waals surface area contributed by atoms with Crippen LogP contribution in [0.5, 0.6) is 5.75 Å². The number of nitrogens with one attached hydrogen (secondary N) is 1. The quantitative estimate of drug-likeness (QED) is 0.626. The monoisotopic (exact) mass is 359 g/mol. The van der Waals surface area contributed by atoms with Gasteiger partial charge >= 0.3 is 0 Å². The summed E-state index contributed by atoms with van der Waals surface area (Å²) in [6, 6.07) is 3.93. The molecule has 0 spiro atoms. The summed E-state index contributed by atoms with van der Waals surface area (Å²) in [5.41, 5.74) is 3.73. The number of aryl methyl sites for hydroxylation is 1. The molecule has 0 aromatic heterocycles. The maximum atomic E-state index is 10.4. The van der Waals surface area contributed by atoms with E-state index in [0.29, 0.717) is 18.4 Å². The Balaban J connectivity index is 1.72. The Kier molecular flexibility index (Phi) is 6.78. The van der Waals surface area contributed by atoms with E-state index in [1.54, 1.807) is 0 Å². The topological polar surface area (TPSA) is 57.1 Å². The van der Waals surface area contributed by atoms with Gasteiger partial charge in [-0.25, -0.2) is 4.99 Å². The molecule has 2 aliphatic rings. The number of hydrogen-bond acceptors (Lipinski definition) is 3. The highest BCUT2D eigenvalue weighted by Gasteiger charge is 2.22. The van der Waals surface area contributed by atoms with Crippen molar-refractivity contribution in [1.82, 2.24) is 10.2 Å². The van der Waals surface area contributed by atoms with E-state index in [-0.39, 0.29) is 0 Å². The standard InChI is InChI=1S/C21H33N3O2/c1-3-22-21(24-13-11-17(12-14-24)26-4-2)23-15-19-18-8-6-5-7-16(18)9-10-20(19)25/h9-10,17,25H,3-8,11-15H2,1-2H3,(H,22,23). The number of phenolic OH excluding ortho intramolecular Hbond substituents is 1. The second kappa shape index (κ2) is 9.26. The lowest BCUT2D eigenvalue weighted by atomic mass is 9.88. The molecule has 26 heavy (non-hydrogen) atoms. The van der Waals surface area contributed by atoms with Gasteiger partial charge in [0.25, 0.3) is 0 Å². The van der Waals surface area contributed by atoms with Gasteiger partial charge in [0.2, 0.25) is 0 Å². The Labute approximate surface area is 157 Å². The largest absolute Gasteiger partial charge is 0.508 e. The van der Waals surface area contributed by atoms with Crippen LogP contribution in [0.4, 0.5) is 0 Å². The van der Waals surface area contributed by atoms with Crippen molar-refractivity contribution in [3.05, 3.63) is 28.8 Å². The smallest absolute Gasteiger partial charge is 0.194 e. The molecule has 1 aliphatic carbocycles. The summed E-state index contributed by atoms with van der Waals surface area (Å²) in [6.45, 7) is 8.28. The molecule has 0 atom stereocenters. The predicted molar refractivity (Wildman–Crippen MR) is 106 cm³/mol. The number of piperidine rings is 1. The van der Waals surface area contributed by atoms with E-state index in [1.807, 2.05) is 6.07 Å². The first-order valence-electron chi connectivity index (χ1n) is 10.2. The molecule has 0 unspecified atom stereocenters. The third-order valence-corrected chi connectivity index (χ3v) is 5.49. The number of nitrogens with zero attached hydrogens (tertiary/aromatic N) is 2. The number of phenols is 1. The van der Waals surface area contributed by atoms with Crippen LogP contribution in [0.1, 0.15) is 56.2 Å². The van der Waals surface area contributed by atoms with Crippen LogP contribution in [0, 0.1) is 0 Å².